The number of hydrogen-bond acceptors (Lipinski definition) is 3. The van der Waals surface area contributed by atoms with Crippen LogP contribution in [-0.4, -0.2) is 4.98 Å². The van der Waals surface area contributed by atoms with Gasteiger partial charge >= 0.3 is 0 Å². The van der Waals surface area contributed by atoms with Gasteiger partial charge in [0.15, 0.2) is 4.47 Å². The monoisotopic (exact) mass is 275 g/mol. The summed E-state index contributed by atoms with van der Waals surface area (Å²) in [7, 11) is 0. The molecule has 0 N–H and O–H groups in total. The molecular formula is C14H10ClNOS. The van der Waals surface area contributed by atoms with Crippen molar-refractivity contribution in [2.45, 2.75) is 6.61 Å². The van der Waals surface area contributed by atoms with Crippen molar-refractivity contribution in [3.05, 3.63) is 58.6 Å². The van der Waals surface area contributed by atoms with Gasteiger partial charge in [0.25, 0.3) is 0 Å². The fourth-order valence-corrected chi connectivity index (χ4v) is 2.83. The molecule has 4 heteroatoms. The zero-order valence-electron chi connectivity index (χ0n) is 9.47. The molecule has 0 bridgehead atoms. The van der Waals surface area contributed by atoms with Crippen LogP contribution in [0.4, 0.5) is 0 Å². The molecule has 0 radical (unpaired) electrons. The van der Waals surface area contributed by atoms with E-state index in [-0.39, 0.29) is 0 Å². The summed E-state index contributed by atoms with van der Waals surface area (Å²) in [5.41, 5.74) is 2.03. The smallest absolute Gasteiger partial charge is 0.184 e. The summed E-state index contributed by atoms with van der Waals surface area (Å²) < 4.78 is 7.37. The van der Waals surface area contributed by atoms with Crippen LogP contribution in [0.15, 0.2) is 48.5 Å². The molecule has 0 amide bonds. The summed E-state index contributed by atoms with van der Waals surface area (Å²) in [4.78, 5) is 4.23. The molecule has 1 aromatic heterocycles. The van der Waals surface area contributed by atoms with E-state index in [1.165, 1.54) is 11.3 Å². The average Bonchev–Trinajstić information content (AvgIpc) is 2.78. The van der Waals surface area contributed by atoms with Crippen molar-refractivity contribution in [1.29, 1.82) is 0 Å². The van der Waals surface area contributed by atoms with E-state index in [0.29, 0.717) is 11.1 Å². The lowest BCUT2D eigenvalue weighted by molar-refractivity contribution is 0.310. The Morgan fingerprint density at radius 2 is 1.89 bits per heavy atom. The van der Waals surface area contributed by atoms with Crippen molar-refractivity contribution in [3.8, 4) is 5.75 Å². The summed E-state index contributed by atoms with van der Waals surface area (Å²) in [6.45, 7) is 0.551. The Balaban J connectivity index is 1.86. The number of ether oxygens (including phenoxy) is 1. The highest BCUT2D eigenvalue weighted by atomic mass is 35.5. The maximum Gasteiger partial charge on any atom is 0.184 e. The number of nitrogens with zero attached hydrogens (tertiary/aromatic N) is 1. The molecule has 0 aliphatic carbocycles. The van der Waals surface area contributed by atoms with Gasteiger partial charge < -0.3 is 4.74 Å². The predicted octanol–water partition coefficient (Wildman–Crippen LogP) is 4.53. The minimum Gasteiger partial charge on any atom is -0.487 e. The van der Waals surface area contributed by atoms with Crippen LogP contribution in [0.25, 0.3) is 10.2 Å². The highest BCUT2D eigenvalue weighted by molar-refractivity contribution is 7.22. The minimum atomic E-state index is 0.542. The molecule has 0 saturated carbocycles. The number of benzene rings is 2. The van der Waals surface area contributed by atoms with E-state index < -0.39 is 0 Å². The summed E-state index contributed by atoms with van der Waals surface area (Å²) in [6.07, 6.45) is 0. The summed E-state index contributed by atoms with van der Waals surface area (Å²) in [6, 6.07) is 15.9. The van der Waals surface area contributed by atoms with Crippen LogP contribution >= 0.6 is 22.9 Å². The van der Waals surface area contributed by atoms with Crippen LogP contribution in [-0.2, 0) is 6.61 Å². The predicted molar refractivity (Wildman–Crippen MR) is 75.4 cm³/mol. The van der Waals surface area contributed by atoms with Crippen LogP contribution in [0.5, 0.6) is 5.75 Å². The molecule has 0 saturated heterocycles. The SMILES string of the molecule is Clc1nc2cccc(OCc3ccccc3)c2s1. The lowest BCUT2D eigenvalue weighted by Crippen LogP contribution is -1.94. The Hall–Kier alpha value is -1.58. The molecule has 2 aromatic carbocycles. The van der Waals surface area contributed by atoms with Crippen LogP contribution in [0, 0.1) is 0 Å². The molecule has 3 aromatic rings. The highest BCUT2D eigenvalue weighted by Crippen LogP contribution is 2.33. The van der Waals surface area contributed by atoms with Gasteiger partial charge in [-0.3, -0.25) is 0 Å². The first-order valence-electron chi connectivity index (χ1n) is 5.55. The van der Waals surface area contributed by atoms with Crippen molar-refractivity contribution >= 4 is 33.2 Å². The van der Waals surface area contributed by atoms with Crippen LogP contribution < -0.4 is 4.74 Å². The molecule has 90 valence electrons. The van der Waals surface area contributed by atoms with E-state index >= 15 is 0 Å². The second-order valence-electron chi connectivity index (χ2n) is 3.85. The zero-order chi connectivity index (χ0) is 12.4. The Kier molecular flexibility index (Phi) is 3.17. The molecule has 18 heavy (non-hydrogen) atoms. The van der Waals surface area contributed by atoms with Crippen LogP contribution in [0.3, 0.4) is 0 Å². The summed E-state index contributed by atoms with van der Waals surface area (Å²) in [5, 5.41) is 0. The summed E-state index contributed by atoms with van der Waals surface area (Å²) in [5.74, 6) is 0.834. The molecule has 2 nitrogen and oxygen atoms in total. The fourth-order valence-electron chi connectivity index (χ4n) is 1.75. The first-order valence-corrected chi connectivity index (χ1v) is 6.74. The van der Waals surface area contributed by atoms with Gasteiger partial charge in [0, 0.05) is 0 Å². The first-order chi connectivity index (χ1) is 8.83. The van der Waals surface area contributed by atoms with Gasteiger partial charge in [-0.1, -0.05) is 59.3 Å². The lowest BCUT2D eigenvalue weighted by Gasteiger charge is -2.06. The van der Waals surface area contributed by atoms with Crippen LogP contribution in [0.2, 0.25) is 4.47 Å². The van der Waals surface area contributed by atoms with Gasteiger partial charge in [-0.15, -0.1) is 0 Å². The Morgan fingerprint density at radius 1 is 1.06 bits per heavy atom. The van der Waals surface area contributed by atoms with Gasteiger partial charge in [0.05, 0.1) is 10.2 Å². The van der Waals surface area contributed by atoms with Gasteiger partial charge in [-0.25, -0.2) is 4.98 Å². The zero-order valence-corrected chi connectivity index (χ0v) is 11.0. The van der Waals surface area contributed by atoms with E-state index in [1.54, 1.807) is 0 Å². The number of hydrogen-bond donors (Lipinski definition) is 0. The topological polar surface area (TPSA) is 22.1 Å². The van der Waals surface area contributed by atoms with Gasteiger partial charge in [0.1, 0.15) is 12.4 Å². The van der Waals surface area contributed by atoms with E-state index in [2.05, 4.69) is 4.98 Å². The van der Waals surface area contributed by atoms with Crippen molar-refractivity contribution in [2.24, 2.45) is 0 Å². The third kappa shape index (κ3) is 2.33. The third-order valence-corrected chi connectivity index (χ3v) is 3.78. The molecular weight excluding hydrogens is 266 g/mol. The molecule has 0 aliphatic heterocycles. The Labute approximate surface area is 114 Å². The number of halogens is 1. The normalized spacial score (nSPS) is 10.7. The average molecular weight is 276 g/mol. The first kappa shape index (κ1) is 11.5. The van der Waals surface area contributed by atoms with Gasteiger partial charge in [0.2, 0.25) is 0 Å². The number of aromatic nitrogens is 1. The van der Waals surface area contributed by atoms with Gasteiger partial charge in [-0.05, 0) is 17.7 Å². The molecule has 0 unspecified atom stereocenters. The van der Waals surface area contributed by atoms with Crippen molar-refractivity contribution in [1.82, 2.24) is 4.98 Å². The Bertz CT molecular complexity index is 666. The molecule has 0 aliphatic rings. The van der Waals surface area contributed by atoms with E-state index in [4.69, 9.17) is 16.3 Å². The number of rotatable bonds is 3. The van der Waals surface area contributed by atoms with E-state index in [0.717, 1.165) is 21.5 Å². The van der Waals surface area contributed by atoms with Crippen molar-refractivity contribution in [3.63, 3.8) is 0 Å². The van der Waals surface area contributed by atoms with E-state index in [9.17, 15) is 0 Å². The third-order valence-electron chi connectivity index (χ3n) is 2.59. The Morgan fingerprint density at radius 3 is 2.72 bits per heavy atom. The van der Waals surface area contributed by atoms with Crippen LogP contribution in [0.1, 0.15) is 5.56 Å². The quantitative estimate of drug-likeness (QED) is 0.701. The largest absolute Gasteiger partial charge is 0.487 e. The lowest BCUT2D eigenvalue weighted by atomic mass is 10.2. The molecule has 0 atom stereocenters. The maximum atomic E-state index is 5.92. The highest BCUT2D eigenvalue weighted by Gasteiger charge is 2.07. The molecule has 0 fully saturated rings. The number of thiazole rings is 1. The van der Waals surface area contributed by atoms with E-state index in [1.807, 2.05) is 48.5 Å². The molecule has 3 rings (SSSR count). The minimum absolute atomic E-state index is 0.542. The standard InChI is InChI=1S/C14H10ClNOS/c15-14-16-11-7-4-8-12(13(11)18-14)17-9-10-5-2-1-3-6-10/h1-8H,9H2. The molecule has 0 spiro atoms. The second-order valence-corrected chi connectivity index (χ2v) is 5.43. The summed E-state index contributed by atoms with van der Waals surface area (Å²) >= 11 is 7.37. The molecule has 1 heterocycles. The maximum absolute atomic E-state index is 5.92. The second kappa shape index (κ2) is 4.96. The number of fused-ring (bicyclic) bond motifs is 1. The van der Waals surface area contributed by atoms with Crippen molar-refractivity contribution in [2.75, 3.05) is 0 Å². The van der Waals surface area contributed by atoms with Crippen molar-refractivity contribution < 1.29 is 4.74 Å². The van der Waals surface area contributed by atoms with Gasteiger partial charge in [-0.2, -0.15) is 0 Å². The fraction of sp³-hybridized carbons (Fsp3) is 0.0714.